The number of para-hydroxylation sites is 1. The van der Waals surface area contributed by atoms with E-state index < -0.39 is 6.04 Å². The van der Waals surface area contributed by atoms with Gasteiger partial charge in [0.25, 0.3) is 0 Å². The molecule has 2 amide bonds. The van der Waals surface area contributed by atoms with Crippen LogP contribution in [0.15, 0.2) is 72.8 Å². The number of aromatic nitrogens is 3. The summed E-state index contributed by atoms with van der Waals surface area (Å²) in [5, 5.41) is 11.7. The SMILES string of the molecule is COc1ccc([C@H](C(=O)NC2CCCC2)N(CCc2ccccc2)C(=O)Cn2nnc3ccccc32)c(OC)c1. The van der Waals surface area contributed by atoms with E-state index in [0.717, 1.165) is 36.8 Å². The van der Waals surface area contributed by atoms with Crippen LogP contribution >= 0.6 is 0 Å². The lowest BCUT2D eigenvalue weighted by atomic mass is 10.0. The van der Waals surface area contributed by atoms with Crippen LogP contribution in [0.3, 0.4) is 0 Å². The molecule has 0 unspecified atom stereocenters. The van der Waals surface area contributed by atoms with Gasteiger partial charge in [-0.1, -0.05) is 60.5 Å². The van der Waals surface area contributed by atoms with E-state index in [0.29, 0.717) is 35.5 Å². The van der Waals surface area contributed by atoms with Gasteiger partial charge in [-0.15, -0.1) is 5.10 Å². The van der Waals surface area contributed by atoms with Gasteiger partial charge < -0.3 is 19.7 Å². The molecule has 1 aliphatic rings. The normalized spacial score (nSPS) is 14.2. The first-order valence-electron chi connectivity index (χ1n) is 13.7. The number of amides is 2. The molecule has 5 rings (SSSR count). The maximum absolute atomic E-state index is 14.1. The van der Waals surface area contributed by atoms with Crippen molar-refractivity contribution in [3.05, 3.63) is 83.9 Å². The highest BCUT2D eigenvalue weighted by molar-refractivity contribution is 5.90. The zero-order chi connectivity index (χ0) is 27.9. The molecule has 0 bridgehead atoms. The van der Waals surface area contributed by atoms with E-state index in [1.54, 1.807) is 35.9 Å². The predicted octanol–water partition coefficient (Wildman–Crippen LogP) is 4.32. The van der Waals surface area contributed by atoms with Gasteiger partial charge in [0, 0.05) is 24.2 Å². The molecule has 0 aliphatic heterocycles. The molecule has 1 N–H and O–H groups in total. The average Bonchev–Trinajstić information content (AvgIpc) is 3.65. The summed E-state index contributed by atoms with van der Waals surface area (Å²) in [6.45, 7) is 0.272. The summed E-state index contributed by atoms with van der Waals surface area (Å²) in [5.74, 6) is 0.623. The van der Waals surface area contributed by atoms with E-state index in [4.69, 9.17) is 9.47 Å². The summed E-state index contributed by atoms with van der Waals surface area (Å²) in [7, 11) is 3.14. The van der Waals surface area contributed by atoms with E-state index >= 15 is 0 Å². The quantitative estimate of drug-likeness (QED) is 0.304. The minimum atomic E-state index is -0.910. The second kappa shape index (κ2) is 12.6. The summed E-state index contributed by atoms with van der Waals surface area (Å²) in [4.78, 5) is 29.9. The molecule has 0 spiro atoms. The monoisotopic (exact) mass is 541 g/mol. The van der Waals surface area contributed by atoms with Gasteiger partial charge in [-0.05, 0) is 49.1 Å². The standard InChI is InChI=1S/C31H35N5O4/c1-39-24-16-17-25(28(20-24)40-2)30(31(38)32-23-12-6-7-13-23)35(19-18-22-10-4-3-5-11-22)29(37)21-36-27-15-9-8-14-26(27)33-34-36/h3-5,8-11,14-17,20,23,30H,6-7,12-13,18-19,21H2,1-2H3,(H,32,38)/t30-/m1/s1. The third-order valence-electron chi connectivity index (χ3n) is 7.51. The number of carbonyl (C=O) groups is 2. The summed E-state index contributed by atoms with van der Waals surface area (Å²) < 4.78 is 12.7. The molecule has 1 fully saturated rings. The average molecular weight is 542 g/mol. The van der Waals surface area contributed by atoms with Crippen LogP contribution in [0.5, 0.6) is 11.5 Å². The maximum atomic E-state index is 14.1. The van der Waals surface area contributed by atoms with Crippen molar-refractivity contribution in [2.75, 3.05) is 20.8 Å². The highest BCUT2D eigenvalue weighted by Gasteiger charge is 2.35. The molecular weight excluding hydrogens is 506 g/mol. The minimum Gasteiger partial charge on any atom is -0.497 e. The molecule has 4 aromatic rings. The third kappa shape index (κ3) is 6.09. The van der Waals surface area contributed by atoms with Crippen molar-refractivity contribution in [3.63, 3.8) is 0 Å². The Morgan fingerprint density at radius 2 is 1.75 bits per heavy atom. The Labute approximate surface area is 234 Å². The smallest absolute Gasteiger partial charge is 0.247 e. The fraction of sp³-hybridized carbons (Fsp3) is 0.355. The Hall–Kier alpha value is -4.40. The Balaban J connectivity index is 1.54. The lowest BCUT2D eigenvalue weighted by Crippen LogP contribution is -2.47. The number of methoxy groups -OCH3 is 2. The van der Waals surface area contributed by atoms with Gasteiger partial charge in [-0.25, -0.2) is 4.68 Å². The molecule has 9 heteroatoms. The Kier molecular flexibility index (Phi) is 8.59. The first-order chi connectivity index (χ1) is 19.6. The predicted molar refractivity (Wildman–Crippen MR) is 152 cm³/mol. The van der Waals surface area contributed by atoms with Crippen molar-refractivity contribution in [2.24, 2.45) is 0 Å². The molecule has 0 saturated heterocycles. The molecule has 208 valence electrons. The summed E-state index contributed by atoms with van der Waals surface area (Å²) >= 11 is 0. The molecule has 0 radical (unpaired) electrons. The molecule has 1 atom stereocenters. The van der Waals surface area contributed by atoms with Crippen LogP contribution in [0, 0.1) is 0 Å². The lowest BCUT2D eigenvalue weighted by Gasteiger charge is -2.33. The van der Waals surface area contributed by atoms with Gasteiger partial charge in [0.05, 0.1) is 19.7 Å². The van der Waals surface area contributed by atoms with Crippen molar-refractivity contribution in [1.82, 2.24) is 25.2 Å². The fourth-order valence-electron chi connectivity index (χ4n) is 5.39. The number of hydrogen-bond donors (Lipinski definition) is 1. The van der Waals surface area contributed by atoms with E-state index in [1.807, 2.05) is 60.7 Å². The number of benzene rings is 3. The molecule has 1 heterocycles. The van der Waals surface area contributed by atoms with Crippen molar-refractivity contribution >= 4 is 22.8 Å². The van der Waals surface area contributed by atoms with Gasteiger partial charge in [-0.2, -0.15) is 0 Å². The number of nitrogens with one attached hydrogen (secondary N) is 1. The molecule has 1 saturated carbocycles. The number of fused-ring (bicyclic) bond motifs is 1. The van der Waals surface area contributed by atoms with E-state index in [-0.39, 0.29) is 24.4 Å². The number of nitrogens with zero attached hydrogens (tertiary/aromatic N) is 4. The van der Waals surface area contributed by atoms with Crippen molar-refractivity contribution < 1.29 is 19.1 Å². The van der Waals surface area contributed by atoms with Gasteiger partial charge in [-0.3, -0.25) is 9.59 Å². The van der Waals surface area contributed by atoms with Crippen LogP contribution in [-0.2, 0) is 22.6 Å². The van der Waals surface area contributed by atoms with Gasteiger partial charge in [0.15, 0.2) is 0 Å². The van der Waals surface area contributed by atoms with Crippen molar-refractivity contribution in [1.29, 1.82) is 0 Å². The Morgan fingerprint density at radius 3 is 2.50 bits per heavy atom. The fourth-order valence-corrected chi connectivity index (χ4v) is 5.39. The molecule has 3 aromatic carbocycles. The number of carbonyl (C=O) groups excluding carboxylic acids is 2. The van der Waals surface area contributed by atoms with E-state index in [1.165, 1.54) is 0 Å². The van der Waals surface area contributed by atoms with Crippen LogP contribution < -0.4 is 14.8 Å². The molecule has 40 heavy (non-hydrogen) atoms. The van der Waals surface area contributed by atoms with Crippen LogP contribution in [0.25, 0.3) is 11.0 Å². The zero-order valence-corrected chi connectivity index (χ0v) is 23.0. The first-order valence-corrected chi connectivity index (χ1v) is 13.7. The van der Waals surface area contributed by atoms with Gasteiger partial charge >= 0.3 is 0 Å². The highest BCUT2D eigenvalue weighted by Crippen LogP contribution is 2.34. The Morgan fingerprint density at radius 1 is 1.00 bits per heavy atom. The number of ether oxygens (including phenoxy) is 2. The van der Waals surface area contributed by atoms with Gasteiger partial charge in [0.2, 0.25) is 11.8 Å². The zero-order valence-electron chi connectivity index (χ0n) is 23.0. The Bertz CT molecular complexity index is 1450. The topological polar surface area (TPSA) is 98.6 Å². The van der Waals surface area contributed by atoms with Crippen LogP contribution in [0.4, 0.5) is 0 Å². The molecule has 1 aromatic heterocycles. The number of rotatable bonds is 11. The summed E-state index contributed by atoms with van der Waals surface area (Å²) in [5.41, 5.74) is 3.14. The molecule has 1 aliphatic carbocycles. The summed E-state index contributed by atoms with van der Waals surface area (Å²) in [6, 6.07) is 22.0. The molecular formula is C31H35N5O4. The second-order valence-corrected chi connectivity index (χ2v) is 10.1. The maximum Gasteiger partial charge on any atom is 0.247 e. The third-order valence-corrected chi connectivity index (χ3v) is 7.51. The lowest BCUT2D eigenvalue weighted by molar-refractivity contribution is -0.141. The van der Waals surface area contributed by atoms with Crippen molar-refractivity contribution in [2.45, 2.75) is 50.7 Å². The highest BCUT2D eigenvalue weighted by atomic mass is 16.5. The van der Waals surface area contributed by atoms with E-state index in [9.17, 15) is 9.59 Å². The van der Waals surface area contributed by atoms with Crippen LogP contribution in [-0.4, -0.2) is 58.5 Å². The largest absolute Gasteiger partial charge is 0.497 e. The summed E-state index contributed by atoms with van der Waals surface area (Å²) in [6.07, 6.45) is 4.60. The first kappa shape index (κ1) is 27.2. The second-order valence-electron chi connectivity index (χ2n) is 10.1. The van der Waals surface area contributed by atoms with Gasteiger partial charge in [0.1, 0.15) is 29.6 Å². The van der Waals surface area contributed by atoms with Crippen LogP contribution in [0.1, 0.15) is 42.9 Å². The number of hydrogen-bond acceptors (Lipinski definition) is 6. The van der Waals surface area contributed by atoms with Crippen molar-refractivity contribution in [3.8, 4) is 11.5 Å². The molecule has 9 nitrogen and oxygen atoms in total. The minimum absolute atomic E-state index is 0.0546. The van der Waals surface area contributed by atoms with Crippen LogP contribution in [0.2, 0.25) is 0 Å². The van der Waals surface area contributed by atoms with E-state index in [2.05, 4.69) is 15.6 Å².